The molecule has 0 aliphatic carbocycles. The van der Waals surface area contributed by atoms with Crippen LogP contribution in [0.5, 0.6) is 0 Å². The van der Waals surface area contributed by atoms with Crippen molar-refractivity contribution in [3.8, 4) is 0 Å². The zero-order valence-electron chi connectivity index (χ0n) is 13.2. The molecule has 0 amide bonds. The minimum atomic E-state index is -0.437. The molecule has 1 aromatic heterocycles. The van der Waals surface area contributed by atoms with Crippen molar-refractivity contribution >= 4 is 55.6 Å². The number of anilines is 1. The number of para-hydroxylation sites is 1. The summed E-state index contributed by atoms with van der Waals surface area (Å²) in [6.45, 7) is 1.72. The highest BCUT2D eigenvalue weighted by molar-refractivity contribution is 9.10. The Balaban J connectivity index is 1.75. The summed E-state index contributed by atoms with van der Waals surface area (Å²) in [6, 6.07) is 16.7. The van der Waals surface area contributed by atoms with Crippen LogP contribution in [0.3, 0.4) is 0 Å². The molecular formula is C18H14BrN3O2S. The van der Waals surface area contributed by atoms with Crippen molar-refractivity contribution in [1.29, 1.82) is 0 Å². The summed E-state index contributed by atoms with van der Waals surface area (Å²) in [5.74, 6) is 0. The molecule has 0 aliphatic heterocycles. The molecule has 0 spiro atoms. The monoisotopic (exact) mass is 415 g/mol. The van der Waals surface area contributed by atoms with Crippen molar-refractivity contribution < 1.29 is 4.42 Å². The molecule has 0 unspecified atom stereocenters. The van der Waals surface area contributed by atoms with Gasteiger partial charge in [0.25, 0.3) is 0 Å². The summed E-state index contributed by atoms with van der Waals surface area (Å²) in [6.07, 6.45) is 0. The van der Waals surface area contributed by atoms with E-state index >= 15 is 0 Å². The standard InChI is InChI=1S/C18H14BrN3O2S/c1-11(15-10-12-4-2-3-5-16(12)24-17(15)23)21-22-18(25)20-14-8-6-13(19)7-9-14/h2-10H,1H3,(H2,20,22,25)/b21-11+. The third-order valence-corrected chi connectivity index (χ3v) is 4.18. The Bertz CT molecular complexity index is 1010. The minimum absolute atomic E-state index is 0.326. The first-order chi connectivity index (χ1) is 12.0. The van der Waals surface area contributed by atoms with Crippen LogP contribution in [0.15, 0.2) is 73.4 Å². The van der Waals surface area contributed by atoms with Gasteiger partial charge >= 0.3 is 5.63 Å². The van der Waals surface area contributed by atoms with Crippen molar-refractivity contribution in [3.05, 3.63) is 75.1 Å². The maximum Gasteiger partial charge on any atom is 0.345 e. The second-order valence-corrected chi connectivity index (χ2v) is 6.58. The molecule has 2 aromatic carbocycles. The van der Waals surface area contributed by atoms with E-state index in [2.05, 4.69) is 31.8 Å². The molecule has 0 fully saturated rings. The van der Waals surface area contributed by atoms with Gasteiger partial charge in [-0.05, 0) is 55.5 Å². The van der Waals surface area contributed by atoms with Crippen molar-refractivity contribution in [2.45, 2.75) is 6.92 Å². The fourth-order valence-electron chi connectivity index (χ4n) is 2.20. The lowest BCUT2D eigenvalue weighted by Gasteiger charge is -2.08. The fraction of sp³-hybridized carbons (Fsp3) is 0.0556. The molecule has 0 radical (unpaired) electrons. The molecule has 25 heavy (non-hydrogen) atoms. The van der Waals surface area contributed by atoms with Crippen LogP contribution in [0.2, 0.25) is 0 Å². The van der Waals surface area contributed by atoms with Crippen molar-refractivity contribution in [3.63, 3.8) is 0 Å². The number of fused-ring (bicyclic) bond motifs is 1. The molecular weight excluding hydrogens is 402 g/mol. The Hall–Kier alpha value is -2.51. The van der Waals surface area contributed by atoms with E-state index in [0.29, 0.717) is 22.0 Å². The highest BCUT2D eigenvalue weighted by atomic mass is 79.9. The summed E-state index contributed by atoms with van der Waals surface area (Å²) in [5.41, 5.74) is 4.55. The molecule has 0 saturated carbocycles. The Labute approximate surface area is 157 Å². The zero-order valence-corrected chi connectivity index (χ0v) is 15.6. The van der Waals surface area contributed by atoms with E-state index in [0.717, 1.165) is 15.5 Å². The topological polar surface area (TPSA) is 66.6 Å². The largest absolute Gasteiger partial charge is 0.422 e. The third-order valence-electron chi connectivity index (χ3n) is 3.46. The first-order valence-electron chi connectivity index (χ1n) is 7.43. The first-order valence-corrected chi connectivity index (χ1v) is 8.63. The number of nitrogens with one attached hydrogen (secondary N) is 2. The Morgan fingerprint density at radius 1 is 1.16 bits per heavy atom. The summed E-state index contributed by atoms with van der Waals surface area (Å²) >= 11 is 8.58. The lowest BCUT2D eigenvalue weighted by Crippen LogP contribution is -2.25. The Morgan fingerprint density at radius 3 is 2.64 bits per heavy atom. The van der Waals surface area contributed by atoms with Crippen LogP contribution < -0.4 is 16.4 Å². The van der Waals surface area contributed by atoms with Crippen LogP contribution in [0.1, 0.15) is 12.5 Å². The molecule has 2 N–H and O–H groups in total. The summed E-state index contributed by atoms with van der Waals surface area (Å²) in [4.78, 5) is 12.1. The minimum Gasteiger partial charge on any atom is -0.422 e. The van der Waals surface area contributed by atoms with Crippen LogP contribution in [0, 0.1) is 0 Å². The molecule has 0 saturated heterocycles. The van der Waals surface area contributed by atoms with Crippen LogP contribution >= 0.6 is 28.1 Å². The van der Waals surface area contributed by atoms with Gasteiger partial charge in [-0.15, -0.1) is 0 Å². The number of halogens is 1. The van der Waals surface area contributed by atoms with E-state index in [9.17, 15) is 4.79 Å². The van der Waals surface area contributed by atoms with Gasteiger partial charge in [-0.2, -0.15) is 5.10 Å². The molecule has 3 aromatic rings. The smallest absolute Gasteiger partial charge is 0.345 e. The Kier molecular flexibility index (Phi) is 5.25. The van der Waals surface area contributed by atoms with Gasteiger partial charge in [0, 0.05) is 15.5 Å². The summed E-state index contributed by atoms with van der Waals surface area (Å²) < 4.78 is 6.29. The molecule has 0 atom stereocenters. The molecule has 126 valence electrons. The molecule has 0 aliphatic rings. The van der Waals surface area contributed by atoms with E-state index < -0.39 is 5.63 Å². The number of rotatable bonds is 3. The van der Waals surface area contributed by atoms with Crippen LogP contribution in [0.25, 0.3) is 11.0 Å². The van der Waals surface area contributed by atoms with Crippen LogP contribution in [-0.4, -0.2) is 10.8 Å². The normalized spacial score (nSPS) is 11.4. The highest BCUT2D eigenvalue weighted by Crippen LogP contribution is 2.14. The van der Waals surface area contributed by atoms with Gasteiger partial charge in [0.2, 0.25) is 0 Å². The zero-order chi connectivity index (χ0) is 17.8. The third kappa shape index (κ3) is 4.32. The lowest BCUT2D eigenvalue weighted by molar-refractivity contribution is 0.559. The summed E-state index contributed by atoms with van der Waals surface area (Å²) in [5, 5.41) is 8.34. The predicted octanol–water partition coefficient (Wildman–Crippen LogP) is 4.27. The predicted molar refractivity (Wildman–Crippen MR) is 108 cm³/mol. The van der Waals surface area contributed by atoms with Gasteiger partial charge in [-0.3, -0.25) is 5.43 Å². The van der Waals surface area contributed by atoms with Crippen LogP contribution in [-0.2, 0) is 0 Å². The molecule has 5 nitrogen and oxygen atoms in total. The lowest BCUT2D eigenvalue weighted by atomic mass is 10.1. The van der Waals surface area contributed by atoms with Gasteiger partial charge in [0.05, 0.1) is 11.3 Å². The van der Waals surface area contributed by atoms with E-state index in [-0.39, 0.29) is 0 Å². The second kappa shape index (κ2) is 7.58. The van der Waals surface area contributed by atoms with Crippen molar-refractivity contribution in [2.24, 2.45) is 5.10 Å². The van der Waals surface area contributed by atoms with E-state index in [1.165, 1.54) is 0 Å². The maximum atomic E-state index is 12.1. The number of hydrogen-bond donors (Lipinski definition) is 2. The molecule has 0 bridgehead atoms. The summed E-state index contributed by atoms with van der Waals surface area (Å²) in [7, 11) is 0. The van der Waals surface area contributed by atoms with E-state index in [1.54, 1.807) is 19.1 Å². The van der Waals surface area contributed by atoms with Crippen LogP contribution in [0.4, 0.5) is 5.69 Å². The maximum absolute atomic E-state index is 12.1. The highest BCUT2D eigenvalue weighted by Gasteiger charge is 2.08. The van der Waals surface area contributed by atoms with E-state index in [1.807, 2.05) is 42.5 Å². The molecule has 3 rings (SSSR count). The first kappa shape index (κ1) is 17.3. The number of nitrogens with zero attached hydrogens (tertiary/aromatic N) is 1. The van der Waals surface area contributed by atoms with Gasteiger partial charge in [-0.1, -0.05) is 34.1 Å². The number of hydrazone groups is 1. The van der Waals surface area contributed by atoms with Gasteiger partial charge in [0.1, 0.15) is 5.58 Å². The fourth-order valence-corrected chi connectivity index (χ4v) is 2.63. The molecule has 1 heterocycles. The quantitative estimate of drug-likeness (QED) is 0.289. The Morgan fingerprint density at radius 2 is 1.88 bits per heavy atom. The molecule has 7 heteroatoms. The van der Waals surface area contributed by atoms with Gasteiger partial charge < -0.3 is 9.73 Å². The number of benzene rings is 2. The SMILES string of the molecule is C/C(=N\NC(=S)Nc1ccc(Br)cc1)c1cc2ccccc2oc1=O. The van der Waals surface area contributed by atoms with Gasteiger partial charge in [-0.25, -0.2) is 4.79 Å². The van der Waals surface area contributed by atoms with Crippen molar-refractivity contribution in [1.82, 2.24) is 5.43 Å². The average Bonchev–Trinajstić information content (AvgIpc) is 2.61. The average molecular weight is 416 g/mol. The van der Waals surface area contributed by atoms with Gasteiger partial charge in [0.15, 0.2) is 5.11 Å². The number of hydrogen-bond acceptors (Lipinski definition) is 4. The van der Waals surface area contributed by atoms with E-state index in [4.69, 9.17) is 16.6 Å². The number of thiocarbonyl (C=S) groups is 1. The van der Waals surface area contributed by atoms with Crippen molar-refractivity contribution in [2.75, 3.05) is 5.32 Å². The second-order valence-electron chi connectivity index (χ2n) is 5.26.